The second kappa shape index (κ2) is 3.41. The summed E-state index contributed by atoms with van der Waals surface area (Å²) in [7, 11) is 0. The summed E-state index contributed by atoms with van der Waals surface area (Å²) in [5, 5.41) is 0. The van der Waals surface area contributed by atoms with Gasteiger partial charge < -0.3 is 0 Å². The summed E-state index contributed by atoms with van der Waals surface area (Å²) in [5.41, 5.74) is 0. The van der Waals surface area contributed by atoms with Gasteiger partial charge in [-0.15, -0.1) is 0 Å². The predicted molar refractivity (Wildman–Crippen MR) is 46.0 cm³/mol. The van der Waals surface area contributed by atoms with Crippen LogP contribution in [0.15, 0.2) is 0 Å². The highest BCUT2D eigenvalue weighted by molar-refractivity contribution is 4.87. The molecule has 0 aromatic rings. The van der Waals surface area contributed by atoms with Crippen LogP contribution in [0.1, 0.15) is 46.5 Å². The minimum atomic E-state index is 1.08. The van der Waals surface area contributed by atoms with Gasteiger partial charge in [-0.3, -0.25) is 0 Å². The minimum Gasteiger partial charge on any atom is -0.0683 e. The zero-order valence-corrected chi connectivity index (χ0v) is 7.56. The molecule has 0 aromatic heterocycles. The number of rotatable bonds is 0. The topological polar surface area (TPSA) is 0 Å². The Balaban J connectivity index is 0.000000231. The van der Waals surface area contributed by atoms with Gasteiger partial charge in [0.05, 0.1) is 0 Å². The molecular formula is C10H20. The predicted octanol–water partition coefficient (Wildman–Crippen LogP) is 3.47. The molecule has 0 heteroatoms. The van der Waals surface area contributed by atoms with Gasteiger partial charge in [0.25, 0.3) is 0 Å². The van der Waals surface area contributed by atoms with Crippen LogP contribution in [0.25, 0.3) is 0 Å². The third kappa shape index (κ3) is 1.36. The molecule has 3 atom stereocenters. The first-order valence-electron chi connectivity index (χ1n) is 4.86. The van der Waals surface area contributed by atoms with Crippen LogP contribution in [0.5, 0.6) is 0 Å². The quantitative estimate of drug-likeness (QED) is 0.483. The van der Waals surface area contributed by atoms with E-state index in [1.165, 1.54) is 0 Å². The lowest BCUT2D eigenvalue weighted by atomic mass is 9.91. The van der Waals surface area contributed by atoms with Gasteiger partial charge >= 0.3 is 0 Å². The molecule has 2 aliphatic rings. The Labute approximate surface area is 65.0 Å². The molecule has 0 radical (unpaired) electrons. The summed E-state index contributed by atoms with van der Waals surface area (Å²) in [6.45, 7) is 6.42. The lowest BCUT2D eigenvalue weighted by molar-refractivity contribution is 0.360. The molecule has 0 aliphatic heterocycles. The molecule has 2 aliphatic carbocycles. The Morgan fingerprint density at radius 3 is 1.90 bits per heavy atom. The lowest BCUT2D eigenvalue weighted by Crippen LogP contribution is -2.04. The van der Waals surface area contributed by atoms with Crippen molar-refractivity contribution in [3.63, 3.8) is 0 Å². The van der Waals surface area contributed by atoms with Crippen LogP contribution < -0.4 is 0 Å². The molecule has 0 spiro atoms. The Morgan fingerprint density at radius 1 is 1.00 bits per heavy atom. The van der Waals surface area contributed by atoms with Gasteiger partial charge in [-0.05, 0) is 37.0 Å². The van der Waals surface area contributed by atoms with Crippen molar-refractivity contribution in [3.05, 3.63) is 0 Å². The van der Waals surface area contributed by atoms with E-state index in [-0.39, 0.29) is 0 Å². The SMILES string of the molecule is CC.CC1CC2CCC1C2. The van der Waals surface area contributed by atoms with Crippen LogP contribution in [0.4, 0.5) is 0 Å². The van der Waals surface area contributed by atoms with Crippen molar-refractivity contribution in [1.29, 1.82) is 0 Å². The Morgan fingerprint density at radius 2 is 1.70 bits per heavy atom. The average Bonchev–Trinajstić information content (AvgIpc) is 2.52. The summed E-state index contributed by atoms with van der Waals surface area (Å²) < 4.78 is 0. The molecule has 2 saturated carbocycles. The van der Waals surface area contributed by atoms with E-state index in [1.807, 2.05) is 13.8 Å². The largest absolute Gasteiger partial charge is 0.0683 e. The Bertz CT molecular complexity index is 94.2. The van der Waals surface area contributed by atoms with E-state index in [2.05, 4.69) is 6.92 Å². The first-order chi connectivity index (χ1) is 4.86. The highest BCUT2D eigenvalue weighted by Gasteiger charge is 2.36. The third-order valence-electron chi connectivity index (χ3n) is 3.09. The molecule has 0 N–H and O–H groups in total. The summed E-state index contributed by atoms with van der Waals surface area (Å²) in [6.07, 6.45) is 6.21. The van der Waals surface area contributed by atoms with Crippen LogP contribution in [0.3, 0.4) is 0 Å². The van der Waals surface area contributed by atoms with Gasteiger partial charge in [-0.25, -0.2) is 0 Å². The van der Waals surface area contributed by atoms with Crippen molar-refractivity contribution in [2.45, 2.75) is 46.5 Å². The van der Waals surface area contributed by atoms with Crippen LogP contribution in [0.2, 0.25) is 0 Å². The molecule has 2 rings (SSSR count). The fraction of sp³-hybridized carbons (Fsp3) is 1.00. The highest BCUT2D eigenvalue weighted by atomic mass is 14.4. The van der Waals surface area contributed by atoms with Gasteiger partial charge in [0.1, 0.15) is 0 Å². The maximum absolute atomic E-state index is 2.42. The molecule has 0 nitrogen and oxygen atoms in total. The molecule has 2 bridgehead atoms. The normalized spacial score (nSPS) is 42.9. The molecule has 10 heavy (non-hydrogen) atoms. The summed E-state index contributed by atoms with van der Waals surface area (Å²) in [4.78, 5) is 0. The molecule has 0 saturated heterocycles. The smallest absolute Gasteiger partial charge is 0.0386 e. The van der Waals surface area contributed by atoms with E-state index in [1.54, 1.807) is 25.7 Å². The fourth-order valence-electron chi connectivity index (χ4n) is 2.56. The van der Waals surface area contributed by atoms with Gasteiger partial charge in [0.2, 0.25) is 0 Å². The van der Waals surface area contributed by atoms with E-state index in [9.17, 15) is 0 Å². The van der Waals surface area contributed by atoms with E-state index in [0.717, 1.165) is 17.8 Å². The molecule has 3 unspecified atom stereocenters. The lowest BCUT2D eigenvalue weighted by Gasteiger charge is -2.15. The van der Waals surface area contributed by atoms with Crippen molar-refractivity contribution in [1.82, 2.24) is 0 Å². The van der Waals surface area contributed by atoms with Gasteiger partial charge in [0, 0.05) is 0 Å². The van der Waals surface area contributed by atoms with Crippen LogP contribution >= 0.6 is 0 Å². The average molecular weight is 140 g/mol. The van der Waals surface area contributed by atoms with Gasteiger partial charge in [0.15, 0.2) is 0 Å². The summed E-state index contributed by atoms with van der Waals surface area (Å²) >= 11 is 0. The van der Waals surface area contributed by atoms with Gasteiger partial charge in [-0.2, -0.15) is 0 Å². The molecule has 0 heterocycles. The number of hydrogen-bond donors (Lipinski definition) is 0. The fourth-order valence-corrected chi connectivity index (χ4v) is 2.56. The summed E-state index contributed by atoms with van der Waals surface area (Å²) in [5.74, 6) is 3.36. The maximum Gasteiger partial charge on any atom is -0.0386 e. The van der Waals surface area contributed by atoms with Crippen molar-refractivity contribution in [2.24, 2.45) is 17.8 Å². The van der Waals surface area contributed by atoms with Crippen molar-refractivity contribution in [2.75, 3.05) is 0 Å². The third-order valence-corrected chi connectivity index (χ3v) is 3.09. The number of hydrogen-bond acceptors (Lipinski definition) is 0. The van der Waals surface area contributed by atoms with E-state index in [4.69, 9.17) is 0 Å². The van der Waals surface area contributed by atoms with E-state index >= 15 is 0 Å². The maximum atomic E-state index is 2.42. The zero-order chi connectivity index (χ0) is 7.56. The molecule has 0 aromatic carbocycles. The van der Waals surface area contributed by atoms with Crippen LogP contribution in [-0.4, -0.2) is 0 Å². The van der Waals surface area contributed by atoms with Gasteiger partial charge in [-0.1, -0.05) is 27.2 Å². The summed E-state index contributed by atoms with van der Waals surface area (Å²) in [6, 6.07) is 0. The molecule has 0 amide bonds. The van der Waals surface area contributed by atoms with E-state index < -0.39 is 0 Å². The van der Waals surface area contributed by atoms with Crippen LogP contribution in [-0.2, 0) is 0 Å². The highest BCUT2D eigenvalue weighted by Crippen LogP contribution is 2.47. The number of fused-ring (bicyclic) bond motifs is 2. The molecule has 60 valence electrons. The Hall–Kier alpha value is 0. The standard InChI is InChI=1S/C8H14.C2H6/c1-6-4-7-2-3-8(6)5-7;1-2/h6-8H,2-5H2,1H3;1-2H3. The Kier molecular flexibility index (Phi) is 2.76. The second-order valence-corrected chi connectivity index (χ2v) is 3.65. The van der Waals surface area contributed by atoms with Crippen molar-refractivity contribution >= 4 is 0 Å². The molecule has 2 fully saturated rings. The van der Waals surface area contributed by atoms with Crippen molar-refractivity contribution < 1.29 is 0 Å². The minimum absolute atomic E-state index is 1.08. The molecular weight excluding hydrogens is 120 g/mol. The first-order valence-corrected chi connectivity index (χ1v) is 4.86. The van der Waals surface area contributed by atoms with Crippen molar-refractivity contribution in [3.8, 4) is 0 Å². The zero-order valence-electron chi connectivity index (χ0n) is 7.56. The second-order valence-electron chi connectivity index (χ2n) is 3.65. The van der Waals surface area contributed by atoms with Crippen LogP contribution in [0, 0.1) is 17.8 Å². The monoisotopic (exact) mass is 140 g/mol. The van der Waals surface area contributed by atoms with E-state index in [0.29, 0.717) is 0 Å². The first kappa shape index (κ1) is 8.10.